The van der Waals surface area contributed by atoms with E-state index in [1.807, 2.05) is 28.5 Å². The van der Waals surface area contributed by atoms with Gasteiger partial charge in [0.15, 0.2) is 0 Å². The van der Waals surface area contributed by atoms with Crippen LogP contribution >= 0.6 is 11.3 Å². The summed E-state index contributed by atoms with van der Waals surface area (Å²) >= 11 is 1.60. The quantitative estimate of drug-likeness (QED) is 0.348. The molecule has 0 bridgehead atoms. The van der Waals surface area contributed by atoms with E-state index < -0.39 is 6.36 Å². The van der Waals surface area contributed by atoms with E-state index in [-0.39, 0.29) is 5.75 Å². The minimum absolute atomic E-state index is 0.293. The van der Waals surface area contributed by atoms with E-state index in [9.17, 15) is 13.2 Å². The van der Waals surface area contributed by atoms with Crippen molar-refractivity contribution in [2.75, 3.05) is 5.32 Å². The van der Waals surface area contributed by atoms with E-state index in [0.717, 1.165) is 21.3 Å². The molecule has 0 saturated heterocycles. The Morgan fingerprint density at radius 1 is 1.00 bits per heavy atom. The summed E-state index contributed by atoms with van der Waals surface area (Å²) in [5.41, 5.74) is 5.95. The van der Waals surface area contributed by atoms with Gasteiger partial charge >= 0.3 is 6.36 Å². The lowest BCUT2D eigenvalue weighted by Gasteiger charge is -2.10. The Hall–Kier alpha value is -3.99. The highest BCUT2D eigenvalue weighted by atomic mass is 32.1. The smallest absolute Gasteiger partial charge is 0.406 e. The van der Waals surface area contributed by atoms with Crippen molar-refractivity contribution in [1.82, 2.24) is 24.7 Å². The molecule has 0 radical (unpaired) electrons. The molecule has 0 aliphatic heterocycles. The molecule has 0 fully saturated rings. The summed E-state index contributed by atoms with van der Waals surface area (Å²) in [6.07, 6.45) is 0.301. The van der Waals surface area contributed by atoms with Crippen LogP contribution in [-0.2, 0) is 6.54 Å². The first kappa shape index (κ1) is 20.9. The van der Waals surface area contributed by atoms with Gasteiger partial charge in [0.2, 0.25) is 0 Å². The molecule has 0 atom stereocenters. The second-order valence-electron chi connectivity index (χ2n) is 7.07. The number of nitrogens with zero attached hydrogens (tertiary/aromatic N) is 5. The number of hydrogen-bond acceptors (Lipinski definition) is 7. The normalized spacial score (nSPS) is 11.6. The van der Waals surface area contributed by atoms with Gasteiger partial charge in [0.05, 0.1) is 34.2 Å². The Morgan fingerprint density at radius 3 is 2.67 bits per heavy atom. The summed E-state index contributed by atoms with van der Waals surface area (Å²) in [5.74, 6) is 0.200. The summed E-state index contributed by atoms with van der Waals surface area (Å²) in [4.78, 5) is 12.8. The van der Waals surface area contributed by atoms with Crippen molar-refractivity contribution in [3.05, 3.63) is 78.3 Å². The molecule has 166 valence electrons. The first-order valence-corrected chi connectivity index (χ1v) is 10.6. The van der Waals surface area contributed by atoms with E-state index in [4.69, 9.17) is 0 Å². The second kappa shape index (κ2) is 8.51. The number of halogens is 3. The Morgan fingerprint density at radius 2 is 1.85 bits per heavy atom. The van der Waals surface area contributed by atoms with E-state index in [0.29, 0.717) is 23.7 Å². The maximum Gasteiger partial charge on any atom is 0.573 e. The lowest BCUT2D eigenvalue weighted by molar-refractivity contribution is -0.274. The zero-order chi connectivity index (χ0) is 22.8. The van der Waals surface area contributed by atoms with Gasteiger partial charge in [-0.05, 0) is 42.0 Å². The van der Waals surface area contributed by atoms with Gasteiger partial charge in [-0.2, -0.15) is 5.10 Å². The molecule has 0 unspecified atom stereocenters. The molecule has 3 heterocycles. The molecule has 0 aliphatic carbocycles. The van der Waals surface area contributed by atoms with Crippen molar-refractivity contribution < 1.29 is 17.9 Å². The van der Waals surface area contributed by atoms with Crippen LogP contribution in [0.2, 0.25) is 0 Å². The third kappa shape index (κ3) is 5.09. The highest BCUT2D eigenvalue weighted by Gasteiger charge is 2.30. The van der Waals surface area contributed by atoms with Gasteiger partial charge in [0.1, 0.15) is 17.9 Å². The van der Waals surface area contributed by atoms with E-state index in [2.05, 4.69) is 36.2 Å². The van der Waals surface area contributed by atoms with Crippen LogP contribution in [0.15, 0.2) is 72.8 Å². The zero-order valence-electron chi connectivity index (χ0n) is 16.8. The average Bonchev–Trinajstić information content (AvgIpc) is 3.44. The van der Waals surface area contributed by atoms with Crippen molar-refractivity contribution in [2.24, 2.45) is 0 Å². The largest absolute Gasteiger partial charge is 0.573 e. The van der Waals surface area contributed by atoms with Crippen LogP contribution in [0, 0.1) is 0 Å². The van der Waals surface area contributed by atoms with Crippen LogP contribution in [0.25, 0.3) is 21.5 Å². The van der Waals surface area contributed by atoms with Crippen molar-refractivity contribution >= 4 is 33.1 Å². The molecule has 11 heteroatoms. The number of aromatic nitrogens is 5. The van der Waals surface area contributed by atoms with E-state index in [1.165, 1.54) is 30.6 Å². The number of thiazole rings is 1. The van der Waals surface area contributed by atoms with Crippen molar-refractivity contribution in [2.45, 2.75) is 12.9 Å². The van der Waals surface area contributed by atoms with Gasteiger partial charge in [0.25, 0.3) is 0 Å². The number of nitrogens with one attached hydrogen (secondary N) is 1. The minimum Gasteiger partial charge on any atom is -0.406 e. The molecule has 0 saturated carbocycles. The number of hydrogen-bond donors (Lipinski definition) is 1. The van der Waals surface area contributed by atoms with Crippen molar-refractivity contribution in [1.29, 1.82) is 0 Å². The van der Waals surface area contributed by atoms with Gasteiger partial charge in [0, 0.05) is 23.5 Å². The fraction of sp³-hybridized carbons (Fsp3) is 0.0909. The molecule has 5 aromatic rings. The molecule has 0 amide bonds. The fourth-order valence-corrected chi connectivity index (χ4v) is 3.98. The summed E-state index contributed by atoms with van der Waals surface area (Å²) in [6.45, 7) is 0.608. The Balaban J connectivity index is 1.28. The van der Waals surface area contributed by atoms with Crippen molar-refractivity contribution in [3.63, 3.8) is 0 Å². The second-order valence-corrected chi connectivity index (χ2v) is 7.95. The van der Waals surface area contributed by atoms with Crippen molar-refractivity contribution in [3.8, 4) is 17.0 Å². The maximum absolute atomic E-state index is 12.3. The standard InChI is InChI=1S/C22H15F3N6OS/c23-22(24,25)32-17-4-2-16(3-5-17)30-21-8-19(26-12-27-21)15-9-29-31(11-15)10-14-1-6-18-20(7-14)33-13-28-18/h1-9,11-13H,10H2,(H,26,27,30). The molecule has 3 aromatic heterocycles. The van der Waals surface area contributed by atoms with Gasteiger partial charge in [-0.3, -0.25) is 4.68 Å². The number of alkyl halides is 3. The molecule has 2 aromatic carbocycles. The first-order valence-electron chi connectivity index (χ1n) is 9.71. The molecule has 5 rings (SSSR count). The van der Waals surface area contributed by atoms with Crippen LogP contribution in [0.1, 0.15) is 5.56 Å². The summed E-state index contributed by atoms with van der Waals surface area (Å²) in [6, 6.07) is 13.3. The van der Waals surface area contributed by atoms with E-state index >= 15 is 0 Å². The van der Waals surface area contributed by atoms with Gasteiger partial charge < -0.3 is 10.1 Å². The summed E-state index contributed by atoms with van der Waals surface area (Å²) in [7, 11) is 0. The third-order valence-electron chi connectivity index (χ3n) is 4.70. The van der Waals surface area contributed by atoms with Gasteiger partial charge in [-0.15, -0.1) is 24.5 Å². The molecule has 0 spiro atoms. The Bertz CT molecular complexity index is 1400. The molecular formula is C22H15F3N6OS. The molecule has 7 nitrogen and oxygen atoms in total. The van der Waals surface area contributed by atoms with Crippen LogP contribution in [0.3, 0.4) is 0 Å². The number of ether oxygens (including phenoxy) is 1. The van der Waals surface area contributed by atoms with Gasteiger partial charge in [-0.1, -0.05) is 6.07 Å². The third-order valence-corrected chi connectivity index (χ3v) is 5.49. The van der Waals surface area contributed by atoms with Crippen LogP contribution in [0.4, 0.5) is 24.7 Å². The molecular weight excluding hydrogens is 453 g/mol. The van der Waals surface area contributed by atoms with Gasteiger partial charge in [-0.25, -0.2) is 15.0 Å². The topological polar surface area (TPSA) is 77.8 Å². The van der Waals surface area contributed by atoms with Crippen LogP contribution in [-0.4, -0.2) is 31.1 Å². The van der Waals surface area contributed by atoms with Crippen LogP contribution in [0.5, 0.6) is 5.75 Å². The number of anilines is 2. The lowest BCUT2D eigenvalue weighted by Crippen LogP contribution is -2.16. The number of benzene rings is 2. The predicted octanol–water partition coefficient (Wildman–Crippen LogP) is 5.64. The highest BCUT2D eigenvalue weighted by Crippen LogP contribution is 2.26. The molecule has 1 N–H and O–H groups in total. The van der Waals surface area contributed by atoms with Crippen LogP contribution < -0.4 is 10.1 Å². The lowest BCUT2D eigenvalue weighted by atomic mass is 10.2. The maximum atomic E-state index is 12.3. The number of rotatable bonds is 6. The zero-order valence-corrected chi connectivity index (χ0v) is 17.6. The Kier molecular flexibility index (Phi) is 5.38. The summed E-state index contributed by atoms with van der Waals surface area (Å²) in [5, 5.41) is 7.47. The Labute approximate surface area is 189 Å². The molecule has 33 heavy (non-hydrogen) atoms. The highest BCUT2D eigenvalue weighted by molar-refractivity contribution is 7.16. The minimum atomic E-state index is -4.73. The average molecular weight is 468 g/mol. The predicted molar refractivity (Wildman–Crippen MR) is 118 cm³/mol. The monoisotopic (exact) mass is 468 g/mol. The number of fused-ring (bicyclic) bond motifs is 1. The molecule has 0 aliphatic rings. The van der Waals surface area contributed by atoms with E-state index in [1.54, 1.807) is 23.6 Å². The fourth-order valence-electron chi connectivity index (χ4n) is 3.24. The summed E-state index contributed by atoms with van der Waals surface area (Å²) < 4.78 is 43.7. The SMILES string of the molecule is FC(F)(F)Oc1ccc(Nc2cc(-c3cnn(Cc4ccc5ncsc5c4)c3)ncn2)cc1. The first-order chi connectivity index (χ1) is 15.9.